The summed E-state index contributed by atoms with van der Waals surface area (Å²) in [5, 5.41) is 19.6. The third kappa shape index (κ3) is 7.60. The van der Waals surface area contributed by atoms with Crippen molar-refractivity contribution < 1.29 is 19.0 Å². The summed E-state index contributed by atoms with van der Waals surface area (Å²) in [5.41, 5.74) is 1.30. The van der Waals surface area contributed by atoms with Gasteiger partial charge in [0, 0.05) is 42.6 Å². The number of nitrogens with zero attached hydrogens (tertiary/aromatic N) is 4. The van der Waals surface area contributed by atoms with Gasteiger partial charge in [0.1, 0.15) is 17.4 Å². The van der Waals surface area contributed by atoms with Crippen LogP contribution in [0.1, 0.15) is 25.8 Å². The van der Waals surface area contributed by atoms with E-state index in [4.69, 9.17) is 16.3 Å². The van der Waals surface area contributed by atoms with Crippen molar-refractivity contribution in [3.05, 3.63) is 65.6 Å². The molecule has 1 aromatic heterocycles. The van der Waals surface area contributed by atoms with Crippen LogP contribution in [0.3, 0.4) is 0 Å². The van der Waals surface area contributed by atoms with Crippen molar-refractivity contribution in [3.8, 4) is 5.75 Å². The van der Waals surface area contributed by atoms with Gasteiger partial charge in [-0.25, -0.2) is 9.37 Å². The van der Waals surface area contributed by atoms with E-state index in [1.54, 1.807) is 39.3 Å². The maximum atomic E-state index is 14.2. The van der Waals surface area contributed by atoms with E-state index in [-0.39, 0.29) is 29.3 Å². The van der Waals surface area contributed by atoms with Crippen molar-refractivity contribution in [1.82, 2.24) is 14.9 Å². The molecule has 4 rings (SSSR count). The summed E-state index contributed by atoms with van der Waals surface area (Å²) in [7, 11) is 5.68. The molecule has 0 spiro atoms. The maximum Gasteiger partial charge on any atom is 0.247 e. The smallest absolute Gasteiger partial charge is 0.247 e. The molecular weight excluding hydrogens is 584 g/mol. The molecular formula is C29H36Cl2FN7O3. The number of halogens is 3. The highest BCUT2D eigenvalue weighted by atomic mass is 35.5. The number of benzene rings is 2. The Hall–Kier alpha value is -3.64. The fourth-order valence-corrected chi connectivity index (χ4v) is 4.83. The van der Waals surface area contributed by atoms with Crippen LogP contribution in [-0.2, 0) is 10.4 Å². The van der Waals surface area contributed by atoms with Crippen molar-refractivity contribution in [1.29, 1.82) is 0 Å². The number of nitrogens with one attached hydrogen (secondary N) is 3. The molecule has 3 aromatic rings. The number of hydrogen-bond donors (Lipinski definition) is 4. The van der Waals surface area contributed by atoms with Crippen LogP contribution < -0.4 is 25.6 Å². The minimum Gasteiger partial charge on any atom is -0.494 e. The number of hydrogen-bond acceptors (Lipinski definition) is 9. The molecule has 0 radical (unpaired) electrons. The molecule has 226 valence electrons. The first kappa shape index (κ1) is 32.9. The van der Waals surface area contributed by atoms with Crippen LogP contribution >= 0.6 is 24.0 Å². The van der Waals surface area contributed by atoms with Gasteiger partial charge in [-0.3, -0.25) is 4.79 Å². The number of amides is 1. The number of carbonyl (C=O) groups excluding carboxylic acids is 1. The fourth-order valence-electron chi connectivity index (χ4n) is 4.67. The Morgan fingerprint density at radius 2 is 1.98 bits per heavy atom. The molecule has 1 unspecified atom stereocenters. The molecule has 2 aromatic carbocycles. The Morgan fingerprint density at radius 1 is 1.24 bits per heavy atom. The minimum absolute atomic E-state index is 0. The number of rotatable bonds is 10. The second-order valence-electron chi connectivity index (χ2n) is 10.5. The van der Waals surface area contributed by atoms with Gasteiger partial charge in [0.25, 0.3) is 0 Å². The summed E-state index contributed by atoms with van der Waals surface area (Å²) in [6.45, 7) is 8.30. The van der Waals surface area contributed by atoms with Crippen molar-refractivity contribution in [2.24, 2.45) is 0 Å². The van der Waals surface area contributed by atoms with Gasteiger partial charge in [-0.15, -0.1) is 12.4 Å². The van der Waals surface area contributed by atoms with Crippen LogP contribution in [0.15, 0.2) is 49.2 Å². The number of ether oxygens (including phenoxy) is 1. The molecule has 0 aliphatic carbocycles. The zero-order chi connectivity index (χ0) is 29.9. The maximum absolute atomic E-state index is 14.2. The monoisotopic (exact) mass is 619 g/mol. The fraction of sp³-hybridized carbons (Fsp3) is 0.345. The lowest BCUT2D eigenvalue weighted by Gasteiger charge is -2.25. The predicted molar refractivity (Wildman–Crippen MR) is 169 cm³/mol. The minimum atomic E-state index is -1.34. The van der Waals surface area contributed by atoms with Gasteiger partial charge in [-0.2, -0.15) is 4.98 Å². The van der Waals surface area contributed by atoms with E-state index in [0.29, 0.717) is 40.2 Å². The van der Waals surface area contributed by atoms with Crippen LogP contribution in [0.4, 0.5) is 38.9 Å². The summed E-state index contributed by atoms with van der Waals surface area (Å²) >= 11 is 6.02. The molecule has 4 N–H and O–H groups in total. The number of likely N-dealkylation sites (N-methyl/N-ethyl adjacent to an activating group) is 1. The summed E-state index contributed by atoms with van der Waals surface area (Å²) in [6, 6.07) is 8.25. The molecule has 0 bridgehead atoms. The molecule has 0 saturated carbocycles. The summed E-state index contributed by atoms with van der Waals surface area (Å²) in [5.74, 6) is 0.155. The van der Waals surface area contributed by atoms with Crippen LogP contribution in [-0.4, -0.2) is 66.2 Å². The number of carbonyl (C=O) groups is 1. The van der Waals surface area contributed by atoms with Crippen molar-refractivity contribution in [2.75, 3.05) is 55.1 Å². The first-order chi connectivity index (χ1) is 19.4. The highest BCUT2D eigenvalue weighted by Crippen LogP contribution is 2.40. The normalized spacial score (nSPS) is 14.8. The first-order valence-corrected chi connectivity index (χ1v) is 13.4. The Labute approximate surface area is 256 Å². The largest absolute Gasteiger partial charge is 0.494 e. The van der Waals surface area contributed by atoms with Gasteiger partial charge >= 0.3 is 0 Å². The van der Waals surface area contributed by atoms with E-state index in [1.807, 2.05) is 6.07 Å². The summed E-state index contributed by atoms with van der Waals surface area (Å²) < 4.78 is 19.9. The zero-order valence-electron chi connectivity index (χ0n) is 24.2. The molecule has 1 aliphatic rings. The quantitative estimate of drug-likeness (QED) is 0.213. The van der Waals surface area contributed by atoms with Gasteiger partial charge in [-0.1, -0.05) is 18.2 Å². The van der Waals surface area contributed by atoms with Gasteiger partial charge in [0.15, 0.2) is 0 Å². The average molecular weight is 621 g/mol. The molecule has 1 atom stereocenters. The Morgan fingerprint density at radius 3 is 2.60 bits per heavy atom. The van der Waals surface area contributed by atoms with Crippen LogP contribution in [0.5, 0.6) is 5.75 Å². The number of aliphatic hydroxyl groups is 1. The highest BCUT2D eigenvalue weighted by molar-refractivity contribution is 6.31. The van der Waals surface area contributed by atoms with Gasteiger partial charge in [-0.05, 0) is 64.7 Å². The molecule has 13 heteroatoms. The standard InChI is InChI=1S/C29H35ClFN7O3.ClH/c1-7-27(39)34-22-14-23(25(41-6)15-24(22)38-11-9-17(16-38)37(4)5)35-28-32-10-8-26(36-28)33-21-13-19(30)20(31)12-18(21)29(2,3)40;/h7-8,10,12-15,17,40H,1,9,11,16H2,2-6H3,(H,34,39)(H2,32,33,35,36);1H. The summed E-state index contributed by atoms with van der Waals surface area (Å²) in [4.78, 5) is 25.6. The predicted octanol–water partition coefficient (Wildman–Crippen LogP) is 5.68. The lowest BCUT2D eigenvalue weighted by molar-refractivity contribution is -0.111. The van der Waals surface area contributed by atoms with Crippen molar-refractivity contribution in [2.45, 2.75) is 31.9 Å². The van der Waals surface area contributed by atoms with Crippen molar-refractivity contribution >= 4 is 64.4 Å². The molecule has 1 aliphatic heterocycles. The first-order valence-electron chi connectivity index (χ1n) is 13.1. The van der Waals surface area contributed by atoms with Crippen LogP contribution in [0.2, 0.25) is 5.02 Å². The van der Waals surface area contributed by atoms with E-state index in [1.165, 1.54) is 18.2 Å². The van der Waals surface area contributed by atoms with Gasteiger partial charge < -0.3 is 35.6 Å². The third-order valence-electron chi connectivity index (χ3n) is 6.88. The molecule has 1 amide bonds. The van der Waals surface area contributed by atoms with E-state index in [0.717, 1.165) is 25.2 Å². The van der Waals surface area contributed by atoms with Crippen LogP contribution in [0.25, 0.3) is 0 Å². The van der Waals surface area contributed by atoms with Gasteiger partial charge in [0.2, 0.25) is 11.9 Å². The molecule has 2 heterocycles. The SMILES string of the molecule is C=CC(=O)Nc1cc(Nc2nccc(Nc3cc(Cl)c(F)cc3C(C)(C)O)n2)c(OC)cc1N1CCC(N(C)C)C1.Cl. The van der Waals surface area contributed by atoms with E-state index in [9.17, 15) is 14.3 Å². The summed E-state index contributed by atoms with van der Waals surface area (Å²) in [6.07, 6.45) is 3.75. The number of aromatic nitrogens is 2. The highest BCUT2D eigenvalue weighted by Gasteiger charge is 2.27. The van der Waals surface area contributed by atoms with E-state index in [2.05, 4.69) is 56.4 Å². The number of anilines is 6. The van der Waals surface area contributed by atoms with Crippen LogP contribution in [0, 0.1) is 5.82 Å². The molecule has 10 nitrogen and oxygen atoms in total. The number of methoxy groups -OCH3 is 1. The Kier molecular flexibility index (Phi) is 10.6. The molecule has 1 saturated heterocycles. The second-order valence-corrected chi connectivity index (χ2v) is 10.9. The lowest BCUT2D eigenvalue weighted by Crippen LogP contribution is -2.31. The second kappa shape index (κ2) is 13.6. The Balaban J connectivity index is 0.00000484. The zero-order valence-corrected chi connectivity index (χ0v) is 25.7. The van der Waals surface area contributed by atoms with Gasteiger partial charge in [0.05, 0.1) is 34.8 Å². The molecule has 1 fully saturated rings. The van der Waals surface area contributed by atoms with Crippen molar-refractivity contribution in [3.63, 3.8) is 0 Å². The average Bonchev–Trinajstić information content (AvgIpc) is 3.41. The molecule has 42 heavy (non-hydrogen) atoms. The van der Waals surface area contributed by atoms with E-state index >= 15 is 0 Å². The topological polar surface area (TPSA) is 115 Å². The van der Waals surface area contributed by atoms with E-state index < -0.39 is 11.4 Å². The lowest BCUT2D eigenvalue weighted by atomic mass is 9.96. The Bertz CT molecular complexity index is 1450. The third-order valence-corrected chi connectivity index (χ3v) is 7.17.